The van der Waals surface area contributed by atoms with Gasteiger partial charge in [-0.15, -0.1) is 0 Å². The van der Waals surface area contributed by atoms with Crippen molar-refractivity contribution in [2.75, 3.05) is 39.3 Å². The third kappa shape index (κ3) is 5.26. The van der Waals surface area contributed by atoms with Crippen LogP contribution in [-0.4, -0.2) is 55.1 Å². The Morgan fingerprint density at radius 1 is 1.15 bits per heavy atom. The van der Waals surface area contributed by atoms with Gasteiger partial charge in [0.25, 0.3) is 5.91 Å². The summed E-state index contributed by atoms with van der Waals surface area (Å²) in [4.78, 5) is 25.5. The van der Waals surface area contributed by atoms with Crippen molar-refractivity contribution in [3.05, 3.63) is 52.8 Å². The number of anilines is 1. The molecule has 6 nitrogen and oxygen atoms in total. The van der Waals surface area contributed by atoms with Crippen LogP contribution in [0.1, 0.15) is 33.6 Å². The molecule has 0 aliphatic rings. The number of aryl methyl sites for hydroxylation is 2. The van der Waals surface area contributed by atoms with Gasteiger partial charge in [0.1, 0.15) is 0 Å². The molecule has 0 aliphatic heterocycles. The van der Waals surface area contributed by atoms with Gasteiger partial charge in [-0.2, -0.15) is 0 Å². The van der Waals surface area contributed by atoms with E-state index in [2.05, 4.69) is 41.2 Å². The van der Waals surface area contributed by atoms with Crippen molar-refractivity contribution >= 4 is 11.9 Å². The van der Waals surface area contributed by atoms with Crippen molar-refractivity contribution in [3.63, 3.8) is 0 Å². The normalized spacial score (nSPS) is 10.7. The largest absolute Gasteiger partial charge is 0.385 e. The van der Waals surface area contributed by atoms with Crippen molar-refractivity contribution in [2.45, 2.75) is 26.8 Å². The summed E-state index contributed by atoms with van der Waals surface area (Å²) < 4.78 is 5.14. The number of aromatic nitrogens is 2. The number of nitrogens with zero attached hydrogens (tertiary/aromatic N) is 4. The maximum absolute atomic E-state index is 13.1. The van der Waals surface area contributed by atoms with E-state index in [0.717, 1.165) is 12.0 Å². The predicted octanol–water partition coefficient (Wildman–Crippen LogP) is 2.84. The number of hydrogen-bond donors (Lipinski definition) is 0. The summed E-state index contributed by atoms with van der Waals surface area (Å²) in [7, 11) is 5.43. The molecule has 0 bridgehead atoms. The summed E-state index contributed by atoms with van der Waals surface area (Å²) in [5.41, 5.74) is 3.54. The molecule has 0 aliphatic carbocycles. The fraction of sp³-hybridized carbons (Fsp3) is 0.450. The lowest BCUT2D eigenvalue weighted by molar-refractivity contribution is 0.0722. The zero-order valence-electron chi connectivity index (χ0n) is 16.3. The van der Waals surface area contributed by atoms with E-state index < -0.39 is 0 Å². The lowest BCUT2D eigenvalue weighted by Gasteiger charge is -2.24. The van der Waals surface area contributed by atoms with E-state index in [-0.39, 0.29) is 5.91 Å². The van der Waals surface area contributed by atoms with E-state index in [1.165, 1.54) is 5.56 Å². The Labute approximate surface area is 155 Å². The Hall–Kier alpha value is -2.47. The van der Waals surface area contributed by atoms with E-state index in [1.807, 2.05) is 30.8 Å². The molecule has 1 aromatic heterocycles. The molecule has 1 amide bonds. The van der Waals surface area contributed by atoms with Crippen LogP contribution in [0.5, 0.6) is 0 Å². The monoisotopic (exact) mass is 356 g/mol. The summed E-state index contributed by atoms with van der Waals surface area (Å²) in [6, 6.07) is 8.25. The van der Waals surface area contributed by atoms with Crippen molar-refractivity contribution in [3.8, 4) is 0 Å². The van der Waals surface area contributed by atoms with Gasteiger partial charge in [0.05, 0.1) is 11.3 Å². The van der Waals surface area contributed by atoms with Crippen molar-refractivity contribution in [1.82, 2.24) is 14.9 Å². The van der Waals surface area contributed by atoms with E-state index >= 15 is 0 Å². The molecule has 2 rings (SSSR count). The second kappa shape index (κ2) is 9.29. The van der Waals surface area contributed by atoms with Crippen LogP contribution in [0.25, 0.3) is 0 Å². The van der Waals surface area contributed by atoms with Gasteiger partial charge in [-0.1, -0.05) is 29.8 Å². The number of hydrogen-bond acceptors (Lipinski definition) is 5. The summed E-state index contributed by atoms with van der Waals surface area (Å²) in [5, 5.41) is 0. The van der Waals surface area contributed by atoms with Gasteiger partial charge in [-0.3, -0.25) is 4.79 Å². The molecule has 0 fully saturated rings. The Bertz CT molecular complexity index is 729. The minimum absolute atomic E-state index is 0.0514. The van der Waals surface area contributed by atoms with Crippen LogP contribution in [0.15, 0.2) is 30.5 Å². The number of ether oxygens (including phenoxy) is 1. The molecule has 1 heterocycles. The molecule has 0 atom stereocenters. The zero-order chi connectivity index (χ0) is 19.1. The SMILES string of the molecule is COCCCN(Cc1ccc(C)cc1)C(=O)c1cnc(N(C)C)nc1C. The topological polar surface area (TPSA) is 58.6 Å². The lowest BCUT2D eigenvalue weighted by Crippen LogP contribution is -2.33. The van der Waals surface area contributed by atoms with Crippen LogP contribution in [0.4, 0.5) is 5.95 Å². The molecule has 0 spiro atoms. The third-order valence-corrected chi connectivity index (χ3v) is 4.15. The second-order valence-corrected chi connectivity index (χ2v) is 6.62. The maximum Gasteiger partial charge on any atom is 0.257 e. The lowest BCUT2D eigenvalue weighted by atomic mass is 10.1. The molecule has 2 aromatic rings. The summed E-state index contributed by atoms with van der Waals surface area (Å²) in [6.45, 7) is 5.69. The quantitative estimate of drug-likeness (QED) is 0.681. The van der Waals surface area contributed by atoms with Crippen LogP contribution < -0.4 is 4.90 Å². The first-order chi connectivity index (χ1) is 12.4. The first kappa shape index (κ1) is 19.8. The Morgan fingerprint density at radius 2 is 1.85 bits per heavy atom. The number of methoxy groups -OCH3 is 1. The molecular weight excluding hydrogens is 328 g/mol. The van der Waals surface area contributed by atoms with E-state index in [4.69, 9.17) is 4.74 Å². The van der Waals surface area contributed by atoms with Crippen LogP contribution in [0.2, 0.25) is 0 Å². The molecule has 140 valence electrons. The number of carbonyl (C=O) groups is 1. The van der Waals surface area contributed by atoms with E-state index in [9.17, 15) is 4.79 Å². The average Bonchev–Trinajstić information content (AvgIpc) is 2.62. The van der Waals surface area contributed by atoms with E-state index in [1.54, 1.807) is 13.3 Å². The van der Waals surface area contributed by atoms with Crippen LogP contribution in [-0.2, 0) is 11.3 Å². The molecule has 26 heavy (non-hydrogen) atoms. The first-order valence-corrected chi connectivity index (χ1v) is 8.77. The van der Waals surface area contributed by atoms with Crippen molar-refractivity contribution in [2.24, 2.45) is 0 Å². The van der Waals surface area contributed by atoms with Gasteiger partial charge in [-0.05, 0) is 25.8 Å². The predicted molar refractivity (Wildman–Crippen MR) is 104 cm³/mol. The summed E-state index contributed by atoms with van der Waals surface area (Å²) in [5.74, 6) is 0.549. The summed E-state index contributed by atoms with van der Waals surface area (Å²) >= 11 is 0. The number of amides is 1. The molecule has 1 aromatic carbocycles. The first-order valence-electron chi connectivity index (χ1n) is 8.77. The molecule has 0 unspecified atom stereocenters. The van der Waals surface area contributed by atoms with Gasteiger partial charge in [0, 0.05) is 47.1 Å². The third-order valence-electron chi connectivity index (χ3n) is 4.15. The van der Waals surface area contributed by atoms with Gasteiger partial charge >= 0.3 is 0 Å². The minimum atomic E-state index is -0.0514. The highest BCUT2D eigenvalue weighted by Gasteiger charge is 2.20. The van der Waals surface area contributed by atoms with Crippen molar-refractivity contribution < 1.29 is 9.53 Å². The fourth-order valence-corrected chi connectivity index (χ4v) is 2.62. The highest BCUT2D eigenvalue weighted by atomic mass is 16.5. The highest BCUT2D eigenvalue weighted by molar-refractivity contribution is 5.95. The number of benzene rings is 1. The Balaban J connectivity index is 2.22. The molecular formula is C20H28N4O2. The number of carbonyl (C=O) groups excluding carboxylic acids is 1. The number of rotatable bonds is 8. The minimum Gasteiger partial charge on any atom is -0.385 e. The van der Waals surface area contributed by atoms with Crippen LogP contribution in [0, 0.1) is 13.8 Å². The Kier molecular flexibility index (Phi) is 7.09. The van der Waals surface area contributed by atoms with Gasteiger partial charge < -0.3 is 14.5 Å². The zero-order valence-corrected chi connectivity index (χ0v) is 16.3. The summed E-state index contributed by atoms with van der Waals surface area (Å²) in [6.07, 6.45) is 2.41. The molecule has 0 saturated carbocycles. The van der Waals surface area contributed by atoms with Crippen molar-refractivity contribution in [1.29, 1.82) is 0 Å². The fourth-order valence-electron chi connectivity index (χ4n) is 2.62. The Morgan fingerprint density at radius 3 is 2.42 bits per heavy atom. The van der Waals surface area contributed by atoms with Crippen LogP contribution >= 0.6 is 0 Å². The highest BCUT2D eigenvalue weighted by Crippen LogP contribution is 2.15. The smallest absolute Gasteiger partial charge is 0.257 e. The van der Waals surface area contributed by atoms with E-state index in [0.29, 0.717) is 36.9 Å². The maximum atomic E-state index is 13.1. The van der Waals surface area contributed by atoms with Gasteiger partial charge in [0.2, 0.25) is 5.95 Å². The van der Waals surface area contributed by atoms with Gasteiger partial charge in [-0.25, -0.2) is 9.97 Å². The average molecular weight is 356 g/mol. The molecule has 0 radical (unpaired) electrons. The molecule has 6 heteroatoms. The van der Waals surface area contributed by atoms with Crippen LogP contribution in [0.3, 0.4) is 0 Å². The van der Waals surface area contributed by atoms with Gasteiger partial charge in [0.15, 0.2) is 0 Å². The second-order valence-electron chi connectivity index (χ2n) is 6.62. The molecule has 0 N–H and O–H groups in total. The molecule has 0 saturated heterocycles. The standard InChI is InChI=1S/C20H28N4O2/c1-15-7-9-17(10-8-15)14-24(11-6-12-26-5)19(25)18-13-21-20(23(3)4)22-16(18)2/h7-10,13H,6,11-12,14H2,1-5H3.